The predicted octanol–water partition coefficient (Wildman–Crippen LogP) is 1.37. The van der Waals surface area contributed by atoms with Gasteiger partial charge in [-0.25, -0.2) is 0 Å². The number of nitrogens with one attached hydrogen (secondary N) is 1. The molecule has 0 spiro atoms. The molecule has 0 saturated carbocycles. The molecule has 0 bridgehead atoms. The van der Waals surface area contributed by atoms with E-state index in [1.165, 1.54) is 0 Å². The Morgan fingerprint density at radius 1 is 1.30 bits per heavy atom. The van der Waals surface area contributed by atoms with Crippen LogP contribution in [0.3, 0.4) is 0 Å². The summed E-state index contributed by atoms with van der Waals surface area (Å²) in [6.45, 7) is 7.36. The first-order valence-corrected chi connectivity index (χ1v) is 7.54. The SMILES string of the molecule is CCCNC(=O)C1CCN(Cc2nnc(CC)o2)CC1. The Morgan fingerprint density at radius 2 is 2.00 bits per heavy atom. The van der Waals surface area contributed by atoms with Crippen LogP contribution in [-0.2, 0) is 17.8 Å². The summed E-state index contributed by atoms with van der Waals surface area (Å²) in [5.41, 5.74) is 0. The second-order valence-electron chi connectivity index (χ2n) is 5.28. The summed E-state index contributed by atoms with van der Waals surface area (Å²) in [4.78, 5) is 14.2. The zero-order chi connectivity index (χ0) is 14.4. The van der Waals surface area contributed by atoms with E-state index in [0.29, 0.717) is 18.3 Å². The van der Waals surface area contributed by atoms with E-state index < -0.39 is 0 Å². The van der Waals surface area contributed by atoms with Crippen LogP contribution in [0.2, 0.25) is 0 Å². The molecule has 1 amide bonds. The van der Waals surface area contributed by atoms with Crippen molar-refractivity contribution in [3.05, 3.63) is 11.8 Å². The molecular formula is C14H24N4O2. The van der Waals surface area contributed by atoms with Gasteiger partial charge in [0.15, 0.2) is 0 Å². The van der Waals surface area contributed by atoms with Crippen LogP contribution < -0.4 is 5.32 Å². The highest BCUT2D eigenvalue weighted by Crippen LogP contribution is 2.19. The van der Waals surface area contributed by atoms with Crippen LogP contribution in [0.25, 0.3) is 0 Å². The molecule has 1 aliphatic rings. The van der Waals surface area contributed by atoms with E-state index in [1.54, 1.807) is 0 Å². The molecule has 0 aromatic carbocycles. The third-order valence-electron chi connectivity index (χ3n) is 3.68. The van der Waals surface area contributed by atoms with Crippen LogP contribution in [0.15, 0.2) is 4.42 Å². The number of aromatic nitrogens is 2. The van der Waals surface area contributed by atoms with Gasteiger partial charge in [-0.15, -0.1) is 10.2 Å². The zero-order valence-electron chi connectivity index (χ0n) is 12.4. The number of hydrogen-bond donors (Lipinski definition) is 1. The number of nitrogens with zero attached hydrogens (tertiary/aromatic N) is 3. The highest BCUT2D eigenvalue weighted by atomic mass is 16.4. The number of piperidine rings is 1. The lowest BCUT2D eigenvalue weighted by Gasteiger charge is -2.30. The molecule has 0 atom stereocenters. The second-order valence-corrected chi connectivity index (χ2v) is 5.28. The summed E-state index contributed by atoms with van der Waals surface area (Å²) in [5, 5.41) is 11.0. The summed E-state index contributed by atoms with van der Waals surface area (Å²) in [6, 6.07) is 0. The van der Waals surface area contributed by atoms with E-state index in [9.17, 15) is 4.79 Å². The van der Waals surface area contributed by atoms with Gasteiger partial charge >= 0.3 is 0 Å². The van der Waals surface area contributed by atoms with Gasteiger partial charge in [-0.2, -0.15) is 0 Å². The first-order chi connectivity index (χ1) is 9.72. The van der Waals surface area contributed by atoms with E-state index >= 15 is 0 Å². The molecule has 1 fully saturated rings. The summed E-state index contributed by atoms with van der Waals surface area (Å²) < 4.78 is 5.52. The van der Waals surface area contributed by atoms with Gasteiger partial charge in [-0.1, -0.05) is 13.8 Å². The molecule has 1 saturated heterocycles. The Bertz CT molecular complexity index is 425. The number of carbonyl (C=O) groups is 1. The maximum atomic E-state index is 11.9. The molecule has 0 radical (unpaired) electrons. The molecule has 6 heteroatoms. The molecule has 2 heterocycles. The van der Waals surface area contributed by atoms with Crippen molar-refractivity contribution in [2.24, 2.45) is 5.92 Å². The van der Waals surface area contributed by atoms with E-state index in [1.807, 2.05) is 6.92 Å². The van der Waals surface area contributed by atoms with E-state index in [0.717, 1.165) is 45.3 Å². The number of likely N-dealkylation sites (tertiary alicyclic amines) is 1. The van der Waals surface area contributed by atoms with Crippen molar-refractivity contribution in [3.8, 4) is 0 Å². The van der Waals surface area contributed by atoms with Crippen LogP contribution >= 0.6 is 0 Å². The largest absolute Gasteiger partial charge is 0.424 e. The maximum Gasteiger partial charge on any atom is 0.230 e. The number of rotatable bonds is 6. The Hall–Kier alpha value is -1.43. The Kier molecular flexibility index (Phi) is 5.52. The standard InChI is InChI=1S/C14H24N4O2/c1-3-7-15-14(19)11-5-8-18(9-6-11)10-13-17-16-12(4-2)20-13/h11H,3-10H2,1-2H3,(H,15,19). The topological polar surface area (TPSA) is 71.3 Å². The smallest absolute Gasteiger partial charge is 0.230 e. The summed E-state index contributed by atoms with van der Waals surface area (Å²) >= 11 is 0. The van der Waals surface area contributed by atoms with Crippen molar-refractivity contribution >= 4 is 5.91 Å². The molecular weight excluding hydrogens is 256 g/mol. The molecule has 1 aromatic heterocycles. The summed E-state index contributed by atoms with van der Waals surface area (Å²) in [7, 11) is 0. The molecule has 1 aliphatic heterocycles. The fraction of sp³-hybridized carbons (Fsp3) is 0.786. The van der Waals surface area contributed by atoms with E-state index in [-0.39, 0.29) is 11.8 Å². The minimum Gasteiger partial charge on any atom is -0.424 e. The van der Waals surface area contributed by atoms with Crippen LogP contribution in [0.5, 0.6) is 0 Å². The maximum absolute atomic E-state index is 11.9. The molecule has 0 aliphatic carbocycles. The fourth-order valence-electron chi connectivity index (χ4n) is 2.43. The van der Waals surface area contributed by atoms with Crippen LogP contribution in [-0.4, -0.2) is 40.6 Å². The van der Waals surface area contributed by atoms with E-state index in [2.05, 4.69) is 27.3 Å². The van der Waals surface area contributed by atoms with Crippen molar-refractivity contribution in [1.82, 2.24) is 20.4 Å². The van der Waals surface area contributed by atoms with Gasteiger partial charge in [-0.3, -0.25) is 9.69 Å². The van der Waals surface area contributed by atoms with Crippen molar-refractivity contribution in [3.63, 3.8) is 0 Å². The predicted molar refractivity (Wildman–Crippen MR) is 75.0 cm³/mol. The molecule has 20 heavy (non-hydrogen) atoms. The average molecular weight is 280 g/mol. The minimum atomic E-state index is 0.159. The Morgan fingerprint density at radius 3 is 2.60 bits per heavy atom. The highest BCUT2D eigenvalue weighted by Gasteiger charge is 2.25. The van der Waals surface area contributed by atoms with Gasteiger partial charge in [0.25, 0.3) is 0 Å². The van der Waals surface area contributed by atoms with Crippen molar-refractivity contribution < 1.29 is 9.21 Å². The van der Waals surface area contributed by atoms with Gasteiger partial charge in [0, 0.05) is 18.9 Å². The molecule has 0 unspecified atom stereocenters. The number of carbonyl (C=O) groups excluding carboxylic acids is 1. The molecule has 1 aromatic rings. The summed E-state index contributed by atoms with van der Waals surface area (Å²) in [6.07, 6.45) is 3.57. The first kappa shape index (κ1) is 15.0. The van der Waals surface area contributed by atoms with Gasteiger partial charge in [0.1, 0.15) is 0 Å². The fourth-order valence-corrected chi connectivity index (χ4v) is 2.43. The van der Waals surface area contributed by atoms with Gasteiger partial charge in [0.05, 0.1) is 6.54 Å². The number of hydrogen-bond acceptors (Lipinski definition) is 5. The minimum absolute atomic E-state index is 0.159. The lowest BCUT2D eigenvalue weighted by molar-refractivity contribution is -0.126. The van der Waals surface area contributed by atoms with Crippen LogP contribution in [0.4, 0.5) is 0 Å². The Labute approximate surface area is 119 Å². The van der Waals surface area contributed by atoms with Crippen molar-refractivity contribution in [1.29, 1.82) is 0 Å². The molecule has 1 N–H and O–H groups in total. The highest BCUT2D eigenvalue weighted by molar-refractivity contribution is 5.78. The van der Waals surface area contributed by atoms with Gasteiger partial charge in [-0.05, 0) is 32.4 Å². The third-order valence-corrected chi connectivity index (χ3v) is 3.68. The van der Waals surface area contributed by atoms with E-state index in [4.69, 9.17) is 4.42 Å². The number of aryl methyl sites for hydroxylation is 1. The van der Waals surface area contributed by atoms with Gasteiger partial charge < -0.3 is 9.73 Å². The van der Waals surface area contributed by atoms with Gasteiger partial charge in [0.2, 0.25) is 17.7 Å². The third kappa shape index (κ3) is 4.03. The Balaban J connectivity index is 1.75. The lowest BCUT2D eigenvalue weighted by Crippen LogP contribution is -2.40. The van der Waals surface area contributed by atoms with Crippen LogP contribution in [0, 0.1) is 5.92 Å². The second kappa shape index (κ2) is 7.38. The lowest BCUT2D eigenvalue weighted by atomic mass is 9.96. The zero-order valence-corrected chi connectivity index (χ0v) is 12.4. The van der Waals surface area contributed by atoms with Crippen LogP contribution in [0.1, 0.15) is 44.9 Å². The molecule has 6 nitrogen and oxygen atoms in total. The average Bonchev–Trinajstić information content (AvgIpc) is 2.93. The summed E-state index contributed by atoms with van der Waals surface area (Å²) in [5.74, 6) is 1.73. The number of amides is 1. The molecule has 2 rings (SSSR count). The quantitative estimate of drug-likeness (QED) is 0.852. The monoisotopic (exact) mass is 280 g/mol. The van der Waals surface area contributed by atoms with Crippen molar-refractivity contribution in [2.75, 3.05) is 19.6 Å². The first-order valence-electron chi connectivity index (χ1n) is 7.54. The molecule has 112 valence electrons. The van der Waals surface area contributed by atoms with Crippen molar-refractivity contribution in [2.45, 2.75) is 46.1 Å². The normalized spacial score (nSPS) is 17.3.